The number of benzene rings is 1. The highest BCUT2D eigenvalue weighted by molar-refractivity contribution is 14.0. The van der Waals surface area contributed by atoms with Crippen LogP contribution in [0.5, 0.6) is 17.2 Å². The van der Waals surface area contributed by atoms with Crippen molar-refractivity contribution in [1.82, 2.24) is 10.6 Å². The maximum atomic E-state index is 5.49. The number of methoxy groups -OCH3 is 4. The van der Waals surface area contributed by atoms with Crippen LogP contribution in [0.15, 0.2) is 17.1 Å². The minimum absolute atomic E-state index is 0. The SMILES string of the molecule is CCNC(=NCC(C)(C)OC)NCCc1c(OC)cc(OC)cc1OC.I. The first-order valence-corrected chi connectivity index (χ1v) is 8.77. The summed E-state index contributed by atoms with van der Waals surface area (Å²) in [6.07, 6.45) is 0.717. The molecule has 8 heteroatoms. The Bertz CT molecular complexity index is 569. The second kappa shape index (κ2) is 12.9. The number of rotatable bonds is 10. The molecular weight excluding hydrogens is 461 g/mol. The number of aliphatic imine (C=N–C) groups is 1. The molecule has 0 amide bonds. The van der Waals surface area contributed by atoms with Gasteiger partial charge in [-0.3, -0.25) is 4.99 Å². The number of guanidine groups is 1. The predicted octanol–water partition coefficient (Wildman–Crippen LogP) is 2.85. The van der Waals surface area contributed by atoms with Crippen LogP contribution in [0.2, 0.25) is 0 Å². The van der Waals surface area contributed by atoms with Crippen molar-refractivity contribution in [2.45, 2.75) is 32.8 Å². The lowest BCUT2D eigenvalue weighted by Gasteiger charge is -2.21. The van der Waals surface area contributed by atoms with Crippen molar-refractivity contribution in [1.29, 1.82) is 0 Å². The van der Waals surface area contributed by atoms with Crippen molar-refractivity contribution >= 4 is 29.9 Å². The summed E-state index contributed by atoms with van der Waals surface area (Å²) in [6.45, 7) is 8.08. The maximum Gasteiger partial charge on any atom is 0.191 e. The highest BCUT2D eigenvalue weighted by Gasteiger charge is 2.16. The van der Waals surface area contributed by atoms with E-state index in [0.717, 1.165) is 29.6 Å². The zero-order valence-corrected chi connectivity index (χ0v) is 19.8. The van der Waals surface area contributed by atoms with Crippen LogP contribution in [0.25, 0.3) is 0 Å². The summed E-state index contributed by atoms with van der Waals surface area (Å²) in [5.74, 6) is 2.94. The molecule has 0 radical (unpaired) electrons. The Kier molecular flexibility index (Phi) is 12.2. The van der Waals surface area contributed by atoms with Gasteiger partial charge in [-0.1, -0.05) is 0 Å². The van der Waals surface area contributed by atoms with Crippen molar-refractivity contribution in [3.8, 4) is 17.2 Å². The lowest BCUT2D eigenvalue weighted by Crippen LogP contribution is -2.40. The standard InChI is InChI=1S/C19H33N3O4.HI/c1-8-20-18(22-13-19(2,3)26-7)21-10-9-15-16(24-5)11-14(23-4)12-17(15)25-6;/h11-12H,8-10,13H2,1-7H3,(H2,20,21,22);1H. The number of nitrogens with one attached hydrogen (secondary N) is 2. The van der Waals surface area contributed by atoms with E-state index in [1.165, 1.54) is 0 Å². The normalized spacial score (nSPS) is 11.4. The van der Waals surface area contributed by atoms with Gasteiger partial charge >= 0.3 is 0 Å². The molecule has 0 saturated carbocycles. The topological polar surface area (TPSA) is 73.3 Å². The first-order chi connectivity index (χ1) is 12.4. The van der Waals surface area contributed by atoms with E-state index in [1.807, 2.05) is 32.9 Å². The fourth-order valence-electron chi connectivity index (χ4n) is 2.31. The average molecular weight is 495 g/mol. The summed E-state index contributed by atoms with van der Waals surface area (Å²) in [6, 6.07) is 3.72. The van der Waals surface area contributed by atoms with Gasteiger partial charge < -0.3 is 29.6 Å². The van der Waals surface area contributed by atoms with Gasteiger partial charge in [-0.15, -0.1) is 24.0 Å². The molecule has 156 valence electrons. The quantitative estimate of drug-likeness (QED) is 0.296. The largest absolute Gasteiger partial charge is 0.496 e. The van der Waals surface area contributed by atoms with Crippen LogP contribution in [0.4, 0.5) is 0 Å². The van der Waals surface area contributed by atoms with Crippen LogP contribution in [-0.4, -0.2) is 59.6 Å². The molecule has 0 aliphatic heterocycles. The molecule has 0 spiro atoms. The highest BCUT2D eigenvalue weighted by atomic mass is 127. The molecule has 0 fully saturated rings. The van der Waals surface area contributed by atoms with E-state index in [9.17, 15) is 0 Å². The summed E-state index contributed by atoms with van der Waals surface area (Å²) in [7, 11) is 6.60. The van der Waals surface area contributed by atoms with Crippen molar-refractivity contribution in [2.24, 2.45) is 4.99 Å². The molecule has 27 heavy (non-hydrogen) atoms. The van der Waals surface area contributed by atoms with E-state index >= 15 is 0 Å². The van der Waals surface area contributed by atoms with Crippen LogP contribution in [0.1, 0.15) is 26.3 Å². The van der Waals surface area contributed by atoms with Crippen molar-refractivity contribution in [3.05, 3.63) is 17.7 Å². The Hall–Kier alpha value is -1.42. The Morgan fingerprint density at radius 2 is 1.59 bits per heavy atom. The molecule has 1 aromatic rings. The fourth-order valence-corrected chi connectivity index (χ4v) is 2.31. The second-order valence-electron chi connectivity index (χ2n) is 6.35. The van der Waals surface area contributed by atoms with Gasteiger partial charge in [0.2, 0.25) is 0 Å². The molecule has 0 atom stereocenters. The predicted molar refractivity (Wildman–Crippen MR) is 120 cm³/mol. The number of halogens is 1. The minimum atomic E-state index is -0.301. The summed E-state index contributed by atoms with van der Waals surface area (Å²) in [4.78, 5) is 4.59. The summed E-state index contributed by atoms with van der Waals surface area (Å²) >= 11 is 0. The molecule has 0 unspecified atom stereocenters. The van der Waals surface area contributed by atoms with E-state index in [2.05, 4.69) is 15.6 Å². The number of hydrogen-bond acceptors (Lipinski definition) is 5. The van der Waals surface area contributed by atoms with Gasteiger partial charge in [-0.2, -0.15) is 0 Å². The van der Waals surface area contributed by atoms with Gasteiger partial charge in [0.25, 0.3) is 0 Å². The van der Waals surface area contributed by atoms with Crippen molar-refractivity contribution in [3.63, 3.8) is 0 Å². The van der Waals surface area contributed by atoms with E-state index in [0.29, 0.717) is 25.3 Å². The van der Waals surface area contributed by atoms with Crippen LogP contribution < -0.4 is 24.8 Å². The third-order valence-corrected chi connectivity index (χ3v) is 4.00. The smallest absolute Gasteiger partial charge is 0.191 e. The average Bonchev–Trinajstić information content (AvgIpc) is 2.65. The van der Waals surface area contributed by atoms with Crippen LogP contribution in [-0.2, 0) is 11.2 Å². The number of nitrogens with zero attached hydrogens (tertiary/aromatic N) is 1. The third-order valence-electron chi connectivity index (χ3n) is 4.00. The Morgan fingerprint density at radius 3 is 2.04 bits per heavy atom. The van der Waals surface area contributed by atoms with Crippen molar-refractivity contribution < 1.29 is 18.9 Å². The molecule has 0 heterocycles. The molecule has 0 saturated heterocycles. The molecule has 1 rings (SSSR count). The Morgan fingerprint density at radius 1 is 1.00 bits per heavy atom. The third kappa shape index (κ3) is 8.42. The minimum Gasteiger partial charge on any atom is -0.496 e. The summed E-state index contributed by atoms with van der Waals surface area (Å²) < 4.78 is 21.7. The Labute approximate surface area is 180 Å². The lowest BCUT2D eigenvalue weighted by molar-refractivity contribution is 0.0310. The Balaban J connectivity index is 0.00000676. The molecule has 1 aromatic carbocycles. The van der Waals surface area contributed by atoms with Gasteiger partial charge in [-0.25, -0.2) is 0 Å². The van der Waals surface area contributed by atoms with Gasteiger partial charge in [0, 0.05) is 37.9 Å². The first-order valence-electron chi connectivity index (χ1n) is 8.77. The lowest BCUT2D eigenvalue weighted by atomic mass is 10.1. The molecular formula is C19H34IN3O4. The van der Waals surface area contributed by atoms with Crippen LogP contribution >= 0.6 is 24.0 Å². The molecule has 0 aromatic heterocycles. The number of hydrogen-bond donors (Lipinski definition) is 2. The second-order valence-corrected chi connectivity index (χ2v) is 6.35. The summed E-state index contributed by atoms with van der Waals surface area (Å²) in [5, 5.41) is 6.58. The summed E-state index contributed by atoms with van der Waals surface area (Å²) in [5.41, 5.74) is 0.682. The highest BCUT2D eigenvalue weighted by Crippen LogP contribution is 2.34. The first kappa shape index (κ1) is 25.6. The molecule has 0 aliphatic rings. The van der Waals surface area contributed by atoms with E-state index in [4.69, 9.17) is 18.9 Å². The maximum absolute atomic E-state index is 5.49. The molecule has 0 bridgehead atoms. The van der Waals surface area contributed by atoms with Crippen LogP contribution in [0.3, 0.4) is 0 Å². The van der Waals surface area contributed by atoms with Gasteiger partial charge in [0.1, 0.15) is 17.2 Å². The van der Waals surface area contributed by atoms with E-state index in [1.54, 1.807) is 28.4 Å². The van der Waals surface area contributed by atoms with Crippen molar-refractivity contribution in [2.75, 3.05) is 48.1 Å². The van der Waals surface area contributed by atoms with E-state index < -0.39 is 0 Å². The van der Waals surface area contributed by atoms with E-state index in [-0.39, 0.29) is 29.6 Å². The van der Waals surface area contributed by atoms with Gasteiger partial charge in [0.15, 0.2) is 5.96 Å². The zero-order chi connectivity index (χ0) is 19.6. The molecule has 2 N–H and O–H groups in total. The number of ether oxygens (including phenoxy) is 4. The fraction of sp³-hybridized carbons (Fsp3) is 0.632. The van der Waals surface area contributed by atoms with Gasteiger partial charge in [0.05, 0.1) is 33.5 Å². The van der Waals surface area contributed by atoms with Crippen LogP contribution in [0, 0.1) is 0 Å². The molecule has 7 nitrogen and oxygen atoms in total. The zero-order valence-electron chi connectivity index (χ0n) is 17.5. The molecule has 0 aliphatic carbocycles. The monoisotopic (exact) mass is 495 g/mol. The van der Waals surface area contributed by atoms with Gasteiger partial charge in [-0.05, 0) is 27.2 Å².